The van der Waals surface area contributed by atoms with E-state index in [0.29, 0.717) is 6.04 Å². The van der Waals surface area contributed by atoms with Crippen LogP contribution in [0.25, 0.3) is 0 Å². The summed E-state index contributed by atoms with van der Waals surface area (Å²) in [7, 11) is 0. The molecule has 17 heavy (non-hydrogen) atoms. The molecule has 2 heterocycles. The van der Waals surface area contributed by atoms with Crippen molar-refractivity contribution in [2.24, 2.45) is 5.92 Å². The summed E-state index contributed by atoms with van der Waals surface area (Å²) in [6, 6.07) is 2.60. The first-order chi connectivity index (χ1) is 8.11. The summed E-state index contributed by atoms with van der Waals surface area (Å²) in [4.78, 5) is 6.93. The Balaban J connectivity index is 2.26. The zero-order valence-electron chi connectivity index (χ0n) is 11.0. The van der Waals surface area contributed by atoms with Gasteiger partial charge in [-0.1, -0.05) is 6.92 Å². The summed E-state index contributed by atoms with van der Waals surface area (Å²) in [6.07, 6.45) is 4.34. The Morgan fingerprint density at radius 2 is 2.18 bits per heavy atom. The zero-order valence-corrected chi connectivity index (χ0v) is 11.0. The number of pyridine rings is 1. The highest BCUT2D eigenvalue weighted by atomic mass is 16.3. The van der Waals surface area contributed by atoms with Crippen molar-refractivity contribution in [3.63, 3.8) is 0 Å². The van der Waals surface area contributed by atoms with E-state index in [0.717, 1.165) is 29.4 Å². The number of anilines is 1. The maximum atomic E-state index is 9.10. The van der Waals surface area contributed by atoms with Crippen molar-refractivity contribution in [3.05, 3.63) is 23.4 Å². The quantitative estimate of drug-likeness (QED) is 0.854. The van der Waals surface area contributed by atoms with E-state index in [1.54, 1.807) is 6.20 Å². The molecule has 1 fully saturated rings. The molecule has 1 aromatic rings. The molecular weight excluding hydrogens is 212 g/mol. The molecule has 0 aromatic carbocycles. The average Bonchev–Trinajstić information content (AvgIpc) is 2.32. The fraction of sp³-hybridized carbons (Fsp3) is 0.643. The van der Waals surface area contributed by atoms with E-state index in [1.165, 1.54) is 12.8 Å². The molecule has 0 saturated carbocycles. The monoisotopic (exact) mass is 234 g/mol. The van der Waals surface area contributed by atoms with Crippen molar-refractivity contribution in [2.45, 2.75) is 46.3 Å². The smallest absolute Gasteiger partial charge is 0.131 e. The molecule has 3 nitrogen and oxygen atoms in total. The normalized spacial score (nSPS) is 25.1. The molecule has 1 aliphatic heterocycles. The summed E-state index contributed by atoms with van der Waals surface area (Å²) >= 11 is 0. The van der Waals surface area contributed by atoms with Gasteiger partial charge < -0.3 is 10.0 Å². The molecular formula is C14H22N2O. The number of hydrogen-bond donors (Lipinski definition) is 1. The molecule has 2 unspecified atom stereocenters. The second kappa shape index (κ2) is 5.05. The van der Waals surface area contributed by atoms with Crippen LogP contribution in [0.1, 0.15) is 37.8 Å². The van der Waals surface area contributed by atoms with Crippen LogP contribution in [0.15, 0.2) is 12.3 Å². The van der Waals surface area contributed by atoms with Gasteiger partial charge in [0.1, 0.15) is 5.82 Å². The number of aromatic nitrogens is 1. The van der Waals surface area contributed by atoms with Crippen molar-refractivity contribution in [3.8, 4) is 0 Å². The van der Waals surface area contributed by atoms with Gasteiger partial charge >= 0.3 is 0 Å². The third-order valence-corrected chi connectivity index (χ3v) is 3.68. The fourth-order valence-corrected chi connectivity index (χ4v) is 2.60. The number of rotatable bonds is 2. The summed E-state index contributed by atoms with van der Waals surface area (Å²) in [6.45, 7) is 7.81. The first-order valence-corrected chi connectivity index (χ1v) is 6.45. The highest BCUT2D eigenvalue weighted by Crippen LogP contribution is 2.28. The van der Waals surface area contributed by atoms with E-state index < -0.39 is 0 Å². The standard InChI is InChI=1S/C14H22N2O/c1-10-4-5-12(3)16(8-10)14-11(2)6-13(9-17)7-15-14/h6-7,10,12,17H,4-5,8-9H2,1-3H3. The van der Waals surface area contributed by atoms with Gasteiger partial charge in [-0.3, -0.25) is 0 Å². The number of aryl methyl sites for hydroxylation is 1. The van der Waals surface area contributed by atoms with Crippen LogP contribution >= 0.6 is 0 Å². The minimum atomic E-state index is 0.0695. The molecule has 1 aliphatic rings. The zero-order chi connectivity index (χ0) is 12.4. The van der Waals surface area contributed by atoms with Crippen molar-refractivity contribution < 1.29 is 5.11 Å². The molecule has 2 atom stereocenters. The highest BCUT2D eigenvalue weighted by Gasteiger charge is 2.24. The third kappa shape index (κ3) is 2.60. The average molecular weight is 234 g/mol. The molecule has 1 aromatic heterocycles. The van der Waals surface area contributed by atoms with Gasteiger partial charge in [0, 0.05) is 18.8 Å². The van der Waals surface area contributed by atoms with E-state index in [-0.39, 0.29) is 6.61 Å². The van der Waals surface area contributed by atoms with Gasteiger partial charge in [0.15, 0.2) is 0 Å². The fourth-order valence-electron chi connectivity index (χ4n) is 2.60. The van der Waals surface area contributed by atoms with Gasteiger partial charge in [-0.05, 0) is 49.8 Å². The molecule has 94 valence electrons. The largest absolute Gasteiger partial charge is 0.392 e. The lowest BCUT2D eigenvalue weighted by Gasteiger charge is -2.38. The van der Waals surface area contributed by atoms with Crippen LogP contribution in [0, 0.1) is 12.8 Å². The van der Waals surface area contributed by atoms with E-state index in [9.17, 15) is 0 Å². The van der Waals surface area contributed by atoms with Crippen LogP contribution in [-0.2, 0) is 6.61 Å². The van der Waals surface area contributed by atoms with Gasteiger partial charge in [-0.15, -0.1) is 0 Å². The van der Waals surface area contributed by atoms with Gasteiger partial charge in [0.25, 0.3) is 0 Å². The molecule has 0 bridgehead atoms. The van der Waals surface area contributed by atoms with Crippen LogP contribution in [0.4, 0.5) is 5.82 Å². The van der Waals surface area contributed by atoms with Crippen LogP contribution in [-0.4, -0.2) is 22.7 Å². The molecule has 3 heteroatoms. The molecule has 1 N–H and O–H groups in total. The number of piperidine rings is 1. The number of aliphatic hydroxyl groups is 1. The van der Waals surface area contributed by atoms with E-state index in [4.69, 9.17) is 5.11 Å². The van der Waals surface area contributed by atoms with Crippen LogP contribution in [0.2, 0.25) is 0 Å². The van der Waals surface area contributed by atoms with E-state index in [2.05, 4.69) is 30.7 Å². The van der Waals surface area contributed by atoms with Gasteiger partial charge in [-0.25, -0.2) is 4.98 Å². The summed E-state index contributed by atoms with van der Waals surface area (Å²) in [5.41, 5.74) is 2.06. The van der Waals surface area contributed by atoms with Crippen LogP contribution in [0.5, 0.6) is 0 Å². The van der Waals surface area contributed by atoms with Gasteiger partial charge in [-0.2, -0.15) is 0 Å². The summed E-state index contributed by atoms with van der Waals surface area (Å²) in [5, 5.41) is 9.10. The Hall–Kier alpha value is -1.09. The van der Waals surface area contributed by atoms with Crippen molar-refractivity contribution in [2.75, 3.05) is 11.4 Å². The molecule has 0 aliphatic carbocycles. The van der Waals surface area contributed by atoms with E-state index >= 15 is 0 Å². The Morgan fingerprint density at radius 1 is 1.41 bits per heavy atom. The molecule has 2 rings (SSSR count). The minimum absolute atomic E-state index is 0.0695. The van der Waals surface area contributed by atoms with Crippen molar-refractivity contribution >= 4 is 5.82 Å². The van der Waals surface area contributed by atoms with Gasteiger partial charge in [0.2, 0.25) is 0 Å². The molecule has 0 spiro atoms. The number of hydrogen-bond acceptors (Lipinski definition) is 3. The lowest BCUT2D eigenvalue weighted by atomic mass is 9.94. The Kier molecular flexibility index (Phi) is 3.67. The Labute approximate surface area is 103 Å². The SMILES string of the molecule is Cc1cc(CO)cnc1N1CC(C)CCC1C. The van der Waals surface area contributed by atoms with Crippen LogP contribution in [0.3, 0.4) is 0 Å². The third-order valence-electron chi connectivity index (χ3n) is 3.68. The van der Waals surface area contributed by atoms with Gasteiger partial charge in [0.05, 0.1) is 6.61 Å². The van der Waals surface area contributed by atoms with Crippen molar-refractivity contribution in [1.82, 2.24) is 4.98 Å². The molecule has 1 saturated heterocycles. The molecule has 0 radical (unpaired) electrons. The Morgan fingerprint density at radius 3 is 2.82 bits per heavy atom. The first kappa shape index (κ1) is 12.4. The van der Waals surface area contributed by atoms with Crippen LogP contribution < -0.4 is 4.90 Å². The second-order valence-electron chi connectivity index (χ2n) is 5.33. The maximum absolute atomic E-state index is 9.10. The lowest BCUT2D eigenvalue weighted by Crippen LogP contribution is -2.42. The summed E-state index contributed by atoms with van der Waals surface area (Å²) < 4.78 is 0. The summed E-state index contributed by atoms with van der Waals surface area (Å²) in [5.74, 6) is 1.83. The predicted octanol–water partition coefficient (Wildman–Crippen LogP) is 2.51. The topological polar surface area (TPSA) is 36.4 Å². The molecule has 0 amide bonds. The highest BCUT2D eigenvalue weighted by molar-refractivity contribution is 5.48. The minimum Gasteiger partial charge on any atom is -0.392 e. The van der Waals surface area contributed by atoms with E-state index in [1.807, 2.05) is 6.07 Å². The number of aliphatic hydroxyl groups excluding tert-OH is 1. The van der Waals surface area contributed by atoms with Crippen molar-refractivity contribution in [1.29, 1.82) is 0 Å². The Bertz CT molecular complexity index is 392. The number of nitrogens with zero attached hydrogens (tertiary/aromatic N) is 2. The maximum Gasteiger partial charge on any atom is 0.131 e. The lowest BCUT2D eigenvalue weighted by molar-refractivity contribution is 0.281. The second-order valence-corrected chi connectivity index (χ2v) is 5.33. The predicted molar refractivity (Wildman–Crippen MR) is 70.1 cm³/mol. The first-order valence-electron chi connectivity index (χ1n) is 6.45.